The van der Waals surface area contributed by atoms with Gasteiger partial charge >= 0.3 is 12.3 Å². The van der Waals surface area contributed by atoms with Gasteiger partial charge in [0.1, 0.15) is 11.4 Å². The SMILES string of the molecule is C=C[C@@]1(c2ccccc2)O[C@@H](C(=O)OC)Oc2ccc(Cl)cc21. The summed E-state index contributed by atoms with van der Waals surface area (Å²) in [6.07, 6.45) is 0.447. The number of ether oxygens (including phenoxy) is 3. The van der Waals surface area contributed by atoms with Crippen LogP contribution in [0.15, 0.2) is 61.2 Å². The van der Waals surface area contributed by atoms with Crippen LogP contribution in [0.3, 0.4) is 0 Å². The van der Waals surface area contributed by atoms with E-state index >= 15 is 0 Å². The van der Waals surface area contributed by atoms with Crippen LogP contribution in [0.2, 0.25) is 5.02 Å². The first kappa shape index (κ1) is 15.6. The summed E-state index contributed by atoms with van der Waals surface area (Å²) >= 11 is 6.14. The quantitative estimate of drug-likeness (QED) is 0.636. The van der Waals surface area contributed by atoms with Gasteiger partial charge in [-0.25, -0.2) is 4.79 Å². The molecular weight excluding hydrogens is 316 g/mol. The van der Waals surface area contributed by atoms with Gasteiger partial charge < -0.3 is 14.2 Å². The zero-order valence-electron chi connectivity index (χ0n) is 12.5. The first-order valence-corrected chi connectivity index (χ1v) is 7.40. The molecule has 1 aliphatic heterocycles. The molecule has 0 aliphatic carbocycles. The van der Waals surface area contributed by atoms with Gasteiger partial charge in [-0.1, -0.05) is 54.6 Å². The zero-order valence-corrected chi connectivity index (χ0v) is 13.2. The molecule has 0 aromatic heterocycles. The fourth-order valence-electron chi connectivity index (χ4n) is 2.64. The van der Waals surface area contributed by atoms with Gasteiger partial charge in [0.15, 0.2) is 0 Å². The van der Waals surface area contributed by atoms with Crippen molar-refractivity contribution in [3.8, 4) is 5.75 Å². The molecule has 0 bridgehead atoms. The number of benzene rings is 2. The molecule has 0 amide bonds. The highest BCUT2D eigenvalue weighted by Gasteiger charge is 2.45. The number of esters is 1. The van der Waals surface area contributed by atoms with Crippen LogP contribution < -0.4 is 4.74 Å². The predicted octanol–water partition coefficient (Wildman–Crippen LogP) is 3.68. The van der Waals surface area contributed by atoms with Crippen molar-refractivity contribution in [2.45, 2.75) is 11.9 Å². The summed E-state index contributed by atoms with van der Waals surface area (Å²) in [4.78, 5) is 11.9. The van der Waals surface area contributed by atoms with Gasteiger partial charge in [-0.2, -0.15) is 0 Å². The van der Waals surface area contributed by atoms with E-state index in [1.807, 2.05) is 30.3 Å². The molecule has 2 atom stereocenters. The normalized spacial score (nSPS) is 22.6. The van der Waals surface area contributed by atoms with E-state index < -0.39 is 17.9 Å². The Morgan fingerprint density at radius 3 is 2.70 bits per heavy atom. The topological polar surface area (TPSA) is 44.8 Å². The van der Waals surface area contributed by atoms with Gasteiger partial charge in [0, 0.05) is 10.6 Å². The van der Waals surface area contributed by atoms with Crippen molar-refractivity contribution >= 4 is 17.6 Å². The van der Waals surface area contributed by atoms with Crippen LogP contribution in [0.1, 0.15) is 11.1 Å². The second kappa shape index (κ2) is 6.07. The van der Waals surface area contributed by atoms with Crippen LogP contribution in [0.25, 0.3) is 0 Å². The average molecular weight is 331 g/mol. The van der Waals surface area contributed by atoms with Gasteiger partial charge in [-0.3, -0.25) is 0 Å². The van der Waals surface area contributed by atoms with E-state index in [4.69, 9.17) is 25.8 Å². The molecule has 0 unspecified atom stereocenters. The Hall–Kier alpha value is -2.30. The molecule has 118 valence electrons. The summed E-state index contributed by atoms with van der Waals surface area (Å²) in [6, 6.07) is 14.6. The smallest absolute Gasteiger partial charge is 0.376 e. The number of hydrogen-bond donors (Lipinski definition) is 0. The third-order valence-corrected chi connectivity index (χ3v) is 3.99. The Morgan fingerprint density at radius 1 is 1.30 bits per heavy atom. The first-order valence-electron chi connectivity index (χ1n) is 7.02. The molecule has 2 aromatic carbocycles. The van der Waals surface area contributed by atoms with Crippen LogP contribution in [-0.2, 0) is 19.9 Å². The van der Waals surface area contributed by atoms with E-state index in [-0.39, 0.29) is 0 Å². The van der Waals surface area contributed by atoms with Gasteiger partial charge in [-0.05, 0) is 23.8 Å². The summed E-state index contributed by atoms with van der Waals surface area (Å²) < 4.78 is 16.3. The summed E-state index contributed by atoms with van der Waals surface area (Å²) in [7, 11) is 1.28. The van der Waals surface area contributed by atoms with Crippen molar-refractivity contribution in [1.29, 1.82) is 0 Å². The number of halogens is 1. The average Bonchev–Trinajstić information content (AvgIpc) is 2.61. The van der Waals surface area contributed by atoms with Crippen molar-refractivity contribution in [3.63, 3.8) is 0 Å². The molecule has 1 heterocycles. The van der Waals surface area contributed by atoms with E-state index in [0.717, 1.165) is 5.56 Å². The summed E-state index contributed by atoms with van der Waals surface area (Å²) in [5.74, 6) is -0.118. The third kappa shape index (κ3) is 2.60. The van der Waals surface area contributed by atoms with E-state index in [2.05, 4.69) is 6.58 Å². The van der Waals surface area contributed by atoms with Crippen molar-refractivity contribution in [3.05, 3.63) is 77.3 Å². The molecule has 0 radical (unpaired) electrons. The number of carbonyl (C=O) groups is 1. The van der Waals surface area contributed by atoms with Gasteiger partial charge in [0.05, 0.1) is 7.11 Å². The summed E-state index contributed by atoms with van der Waals surface area (Å²) in [6.45, 7) is 3.91. The molecule has 2 aromatic rings. The first-order chi connectivity index (χ1) is 11.1. The maximum absolute atomic E-state index is 11.9. The number of carbonyl (C=O) groups excluding carboxylic acids is 1. The number of fused-ring (bicyclic) bond motifs is 1. The number of rotatable bonds is 3. The Kier molecular flexibility index (Phi) is 4.11. The molecule has 0 spiro atoms. The lowest BCUT2D eigenvalue weighted by atomic mass is 9.84. The molecule has 4 nitrogen and oxygen atoms in total. The van der Waals surface area contributed by atoms with E-state index in [0.29, 0.717) is 16.3 Å². The van der Waals surface area contributed by atoms with Crippen molar-refractivity contribution in [2.24, 2.45) is 0 Å². The molecule has 1 aliphatic rings. The third-order valence-electron chi connectivity index (χ3n) is 3.75. The fourth-order valence-corrected chi connectivity index (χ4v) is 2.82. The minimum absolute atomic E-state index is 0.500. The van der Waals surface area contributed by atoms with E-state index in [1.165, 1.54) is 7.11 Å². The molecule has 23 heavy (non-hydrogen) atoms. The second-order valence-electron chi connectivity index (χ2n) is 5.04. The van der Waals surface area contributed by atoms with Crippen molar-refractivity contribution in [2.75, 3.05) is 7.11 Å². The molecule has 0 fully saturated rings. The maximum Gasteiger partial charge on any atom is 0.376 e. The lowest BCUT2D eigenvalue weighted by molar-refractivity contribution is -0.198. The molecule has 5 heteroatoms. The molecule has 0 N–H and O–H groups in total. The molecule has 3 rings (SSSR count). The lowest BCUT2D eigenvalue weighted by Crippen LogP contribution is -2.45. The van der Waals surface area contributed by atoms with Crippen molar-refractivity contribution in [1.82, 2.24) is 0 Å². The Labute approximate surface area is 139 Å². The van der Waals surface area contributed by atoms with Crippen LogP contribution in [-0.4, -0.2) is 19.4 Å². The maximum atomic E-state index is 11.9. The Bertz CT molecular complexity index is 744. The minimum Gasteiger partial charge on any atom is -0.464 e. The summed E-state index contributed by atoms with van der Waals surface area (Å²) in [5, 5.41) is 0.537. The number of methoxy groups -OCH3 is 1. The van der Waals surface area contributed by atoms with Crippen LogP contribution in [0, 0.1) is 0 Å². The van der Waals surface area contributed by atoms with Crippen LogP contribution in [0.5, 0.6) is 5.75 Å². The van der Waals surface area contributed by atoms with E-state index in [1.54, 1.807) is 24.3 Å². The predicted molar refractivity (Wildman–Crippen MR) is 86.4 cm³/mol. The van der Waals surface area contributed by atoms with Crippen LogP contribution in [0.4, 0.5) is 0 Å². The van der Waals surface area contributed by atoms with E-state index in [9.17, 15) is 4.79 Å². The highest BCUT2D eigenvalue weighted by molar-refractivity contribution is 6.30. The fraction of sp³-hybridized carbons (Fsp3) is 0.167. The largest absolute Gasteiger partial charge is 0.464 e. The van der Waals surface area contributed by atoms with Crippen molar-refractivity contribution < 1.29 is 19.0 Å². The Balaban J connectivity index is 2.22. The number of hydrogen-bond acceptors (Lipinski definition) is 4. The standard InChI is InChI=1S/C18H15ClO4/c1-3-18(12-7-5-4-6-8-12)14-11-13(19)9-10-15(14)22-17(23-18)16(20)21-2/h3-11,17H,1H2,2H3/t17-,18-/m0/s1. The van der Waals surface area contributed by atoms with Gasteiger partial charge in [0.2, 0.25) is 0 Å². The minimum atomic E-state index is -1.19. The summed E-state index contributed by atoms with van der Waals surface area (Å²) in [5.41, 5.74) is 0.445. The molecule has 0 saturated carbocycles. The molecular formula is C18H15ClO4. The van der Waals surface area contributed by atoms with Crippen LogP contribution >= 0.6 is 11.6 Å². The van der Waals surface area contributed by atoms with Gasteiger partial charge in [-0.15, -0.1) is 0 Å². The highest BCUT2D eigenvalue weighted by Crippen LogP contribution is 2.45. The zero-order chi connectivity index (χ0) is 16.4. The second-order valence-corrected chi connectivity index (χ2v) is 5.47. The monoisotopic (exact) mass is 330 g/mol. The Morgan fingerprint density at radius 2 is 2.04 bits per heavy atom. The molecule has 0 saturated heterocycles. The highest BCUT2D eigenvalue weighted by atomic mass is 35.5. The lowest BCUT2D eigenvalue weighted by Gasteiger charge is -2.40. The van der Waals surface area contributed by atoms with Gasteiger partial charge in [0.25, 0.3) is 0 Å².